The number of hydrogen-bond acceptors (Lipinski definition) is 6. The van der Waals surface area contributed by atoms with Crippen molar-refractivity contribution in [3.05, 3.63) is 111 Å². The number of hydrogen-bond donors (Lipinski definition) is 2. The van der Waals surface area contributed by atoms with Gasteiger partial charge in [-0.2, -0.15) is 0 Å². The van der Waals surface area contributed by atoms with Gasteiger partial charge >= 0.3 is 5.63 Å². The van der Waals surface area contributed by atoms with Gasteiger partial charge in [0.25, 0.3) is 5.91 Å². The summed E-state index contributed by atoms with van der Waals surface area (Å²) in [6.07, 6.45) is -0.618. The van der Waals surface area contributed by atoms with Crippen molar-refractivity contribution < 1.29 is 18.8 Å². The first kappa shape index (κ1) is 24.8. The van der Waals surface area contributed by atoms with Gasteiger partial charge in [-0.25, -0.2) is 15.1 Å². The molecule has 0 spiro atoms. The fourth-order valence-electron chi connectivity index (χ4n) is 3.58. The number of carbonyl (C=O) groups excluding carboxylic acids is 3. The molecule has 3 amide bonds. The Morgan fingerprint density at radius 2 is 1.61 bits per heavy atom. The van der Waals surface area contributed by atoms with Gasteiger partial charge in [0.2, 0.25) is 11.8 Å². The lowest BCUT2D eigenvalue weighted by Gasteiger charge is -2.21. The molecule has 2 N–H and O–H groups in total. The van der Waals surface area contributed by atoms with Crippen LogP contribution in [0.25, 0.3) is 11.0 Å². The molecule has 4 aromatic rings. The van der Waals surface area contributed by atoms with Gasteiger partial charge < -0.3 is 4.42 Å². The smallest absolute Gasteiger partial charge is 0.341 e. The van der Waals surface area contributed by atoms with Crippen LogP contribution in [0.3, 0.4) is 0 Å². The van der Waals surface area contributed by atoms with Crippen LogP contribution in [0.2, 0.25) is 5.02 Å². The van der Waals surface area contributed by atoms with Gasteiger partial charge in [-0.05, 0) is 55.5 Å². The molecule has 0 aliphatic rings. The summed E-state index contributed by atoms with van der Waals surface area (Å²) in [6, 6.07) is 22.6. The van der Waals surface area contributed by atoms with Crippen molar-refractivity contribution in [2.75, 3.05) is 4.90 Å². The Morgan fingerprint density at radius 3 is 2.33 bits per heavy atom. The number of benzene rings is 3. The third-order valence-corrected chi connectivity index (χ3v) is 5.68. The van der Waals surface area contributed by atoms with Gasteiger partial charge in [0, 0.05) is 16.0 Å². The van der Waals surface area contributed by atoms with E-state index in [2.05, 4.69) is 10.9 Å². The van der Waals surface area contributed by atoms with Crippen LogP contribution in [-0.2, 0) is 9.59 Å². The first-order valence-corrected chi connectivity index (χ1v) is 11.5. The Bertz CT molecular complexity index is 1470. The zero-order valence-electron chi connectivity index (χ0n) is 19.2. The molecule has 0 bridgehead atoms. The highest BCUT2D eigenvalue weighted by molar-refractivity contribution is 6.31. The van der Waals surface area contributed by atoms with E-state index < -0.39 is 35.8 Å². The highest BCUT2D eigenvalue weighted by Crippen LogP contribution is 2.21. The third kappa shape index (κ3) is 5.68. The third-order valence-electron chi connectivity index (χ3n) is 5.43. The minimum Gasteiger partial charge on any atom is -0.422 e. The molecule has 1 atom stereocenters. The zero-order valence-corrected chi connectivity index (χ0v) is 20.0. The van der Waals surface area contributed by atoms with Gasteiger partial charge in [-0.3, -0.25) is 19.8 Å². The number of halogens is 1. The zero-order chi connectivity index (χ0) is 25.7. The van der Waals surface area contributed by atoms with E-state index in [0.29, 0.717) is 16.2 Å². The van der Waals surface area contributed by atoms with Crippen LogP contribution in [-0.4, -0.2) is 17.7 Å². The Balaban J connectivity index is 1.46. The second-order valence-electron chi connectivity index (χ2n) is 7.99. The molecule has 0 aliphatic carbocycles. The predicted molar refractivity (Wildman–Crippen MR) is 137 cm³/mol. The van der Waals surface area contributed by atoms with Crippen molar-refractivity contribution in [3.8, 4) is 0 Å². The summed E-state index contributed by atoms with van der Waals surface area (Å²) >= 11 is 5.95. The molecule has 0 saturated heterocycles. The summed E-state index contributed by atoms with van der Waals surface area (Å²) in [5.74, 6) is -1.99. The average Bonchev–Trinajstić information content (AvgIpc) is 2.88. The largest absolute Gasteiger partial charge is 0.422 e. The highest BCUT2D eigenvalue weighted by atomic mass is 35.5. The van der Waals surface area contributed by atoms with Crippen LogP contribution in [0, 0.1) is 0 Å². The summed E-state index contributed by atoms with van der Waals surface area (Å²) < 4.78 is 5.33. The highest BCUT2D eigenvalue weighted by Gasteiger charge is 2.27. The van der Waals surface area contributed by atoms with Crippen molar-refractivity contribution in [3.63, 3.8) is 0 Å². The first-order valence-electron chi connectivity index (χ1n) is 11.1. The Labute approximate surface area is 211 Å². The van der Waals surface area contributed by atoms with E-state index in [4.69, 9.17) is 16.0 Å². The van der Waals surface area contributed by atoms with E-state index in [1.54, 1.807) is 73.7 Å². The molecule has 8 nitrogen and oxygen atoms in total. The second-order valence-corrected chi connectivity index (χ2v) is 8.43. The minimum atomic E-state index is -0.733. The fourth-order valence-corrected chi connectivity index (χ4v) is 3.71. The van der Waals surface area contributed by atoms with Gasteiger partial charge in [0.15, 0.2) is 0 Å². The molecule has 182 valence electrons. The van der Waals surface area contributed by atoms with Crippen molar-refractivity contribution in [1.29, 1.82) is 0 Å². The average molecular weight is 504 g/mol. The molecule has 1 aromatic heterocycles. The molecule has 0 saturated carbocycles. The maximum atomic E-state index is 13.1. The molecule has 1 heterocycles. The molecule has 0 fully saturated rings. The Morgan fingerprint density at radius 1 is 0.944 bits per heavy atom. The molecule has 9 heteroatoms. The summed E-state index contributed by atoms with van der Waals surface area (Å²) in [7, 11) is 0. The van der Waals surface area contributed by atoms with Crippen LogP contribution in [0.15, 0.2) is 94.1 Å². The standard InChI is InChI=1S/C27H22ClN3O5/c1-17(22-15-19-9-5-6-10-23(19)36-27(22)35)29-30-24(32)16-25(33)31(21-13-11-20(28)12-14-21)26(34)18-7-3-2-4-8-18/h2-15,17,29H,16H2,1H3,(H,30,32)/t17-/m0/s1. The number of nitrogens with zero attached hydrogens (tertiary/aromatic N) is 1. The van der Waals surface area contributed by atoms with Crippen molar-refractivity contribution in [2.24, 2.45) is 0 Å². The van der Waals surface area contributed by atoms with Crippen LogP contribution in [0.4, 0.5) is 5.69 Å². The normalized spacial score (nSPS) is 11.6. The number of rotatable bonds is 7. The van der Waals surface area contributed by atoms with E-state index in [-0.39, 0.29) is 11.3 Å². The maximum Gasteiger partial charge on any atom is 0.341 e. The number of fused-ring (bicyclic) bond motifs is 1. The van der Waals surface area contributed by atoms with Gasteiger partial charge in [-0.15, -0.1) is 0 Å². The number of anilines is 1. The van der Waals surface area contributed by atoms with Crippen LogP contribution in [0.1, 0.15) is 35.3 Å². The monoisotopic (exact) mass is 503 g/mol. The lowest BCUT2D eigenvalue weighted by molar-refractivity contribution is -0.128. The number of nitrogens with one attached hydrogen (secondary N) is 2. The Hall–Kier alpha value is -4.27. The van der Waals surface area contributed by atoms with Gasteiger partial charge in [0.1, 0.15) is 12.0 Å². The number of para-hydroxylation sites is 1. The lowest BCUT2D eigenvalue weighted by Crippen LogP contribution is -2.44. The predicted octanol–water partition coefficient (Wildman–Crippen LogP) is 4.39. The Kier molecular flexibility index (Phi) is 7.58. The van der Waals surface area contributed by atoms with Crippen molar-refractivity contribution in [2.45, 2.75) is 19.4 Å². The molecule has 0 radical (unpaired) electrons. The summed E-state index contributed by atoms with van der Waals surface area (Å²) in [6.45, 7) is 1.67. The summed E-state index contributed by atoms with van der Waals surface area (Å²) in [5.41, 5.74) is 5.95. The molecule has 0 unspecified atom stereocenters. The topological polar surface area (TPSA) is 109 Å². The molecular formula is C27H22ClN3O5. The summed E-state index contributed by atoms with van der Waals surface area (Å²) in [5, 5.41) is 1.17. The molecule has 3 aromatic carbocycles. The number of hydrazine groups is 1. The van der Waals surface area contributed by atoms with Crippen LogP contribution < -0.4 is 21.4 Å². The SMILES string of the molecule is C[C@H](NNC(=O)CC(=O)N(C(=O)c1ccccc1)c1ccc(Cl)cc1)c1cc2ccccc2oc1=O. The van der Waals surface area contributed by atoms with E-state index in [1.807, 2.05) is 6.07 Å². The van der Waals surface area contributed by atoms with E-state index >= 15 is 0 Å². The minimum absolute atomic E-state index is 0.279. The van der Waals surface area contributed by atoms with Gasteiger partial charge in [0.05, 0.1) is 17.3 Å². The first-order chi connectivity index (χ1) is 17.3. The van der Waals surface area contributed by atoms with Crippen LogP contribution >= 0.6 is 11.6 Å². The number of amides is 3. The van der Waals surface area contributed by atoms with Gasteiger partial charge in [-0.1, -0.05) is 48.0 Å². The number of imide groups is 1. The molecule has 4 rings (SSSR count). The quantitative estimate of drug-likeness (QED) is 0.220. The molecular weight excluding hydrogens is 482 g/mol. The van der Waals surface area contributed by atoms with E-state index in [1.165, 1.54) is 12.1 Å². The second kappa shape index (κ2) is 11.0. The van der Waals surface area contributed by atoms with E-state index in [9.17, 15) is 19.2 Å². The molecule has 0 aliphatic heterocycles. The van der Waals surface area contributed by atoms with Crippen molar-refractivity contribution >= 4 is 46.0 Å². The lowest BCUT2D eigenvalue weighted by atomic mass is 10.1. The van der Waals surface area contributed by atoms with Crippen LogP contribution in [0.5, 0.6) is 0 Å². The van der Waals surface area contributed by atoms with Crippen molar-refractivity contribution in [1.82, 2.24) is 10.9 Å². The number of carbonyl (C=O) groups is 3. The molecule has 36 heavy (non-hydrogen) atoms. The maximum absolute atomic E-state index is 13.1. The summed E-state index contributed by atoms with van der Waals surface area (Å²) in [4.78, 5) is 52.1. The van der Waals surface area contributed by atoms with E-state index in [0.717, 1.165) is 10.3 Å². The fraction of sp³-hybridized carbons (Fsp3) is 0.111.